The molecule has 1 heterocycles. The number of rotatable bonds is 3. The van der Waals surface area contributed by atoms with Gasteiger partial charge >= 0.3 is 0 Å². The average molecular weight is 344 g/mol. The van der Waals surface area contributed by atoms with Gasteiger partial charge in [0.25, 0.3) is 5.91 Å². The van der Waals surface area contributed by atoms with E-state index in [1.54, 1.807) is 4.90 Å². The van der Waals surface area contributed by atoms with Crippen LogP contribution >= 0.6 is 36.2 Å². The van der Waals surface area contributed by atoms with Crippen molar-refractivity contribution in [3.05, 3.63) is 60.7 Å². The van der Waals surface area contributed by atoms with Crippen LogP contribution in [0.15, 0.2) is 60.7 Å². The fraction of sp³-hybridized carbons (Fsp3) is 0.0625. The van der Waals surface area contributed by atoms with Gasteiger partial charge in [-0.2, -0.15) is 0 Å². The molecule has 0 bridgehead atoms. The minimum Gasteiger partial charge on any atom is -0.349 e. The van der Waals surface area contributed by atoms with E-state index in [4.69, 9.17) is 24.4 Å². The van der Waals surface area contributed by atoms with Crippen molar-refractivity contribution in [3.63, 3.8) is 0 Å². The fourth-order valence-electron chi connectivity index (χ4n) is 2.12. The molecular formula is C16H12N2OS3. The van der Waals surface area contributed by atoms with E-state index in [0.717, 1.165) is 11.4 Å². The molecule has 1 aliphatic heterocycles. The molecule has 1 unspecified atom stereocenters. The van der Waals surface area contributed by atoms with E-state index in [-0.39, 0.29) is 5.91 Å². The molecule has 1 saturated heterocycles. The second-order valence-electron chi connectivity index (χ2n) is 4.63. The normalized spacial score (nSPS) is 17.6. The summed E-state index contributed by atoms with van der Waals surface area (Å²) in [6.45, 7) is 0. The molecule has 22 heavy (non-hydrogen) atoms. The molecule has 110 valence electrons. The number of hydrogen-bond donors (Lipinski definition) is 1. The predicted molar refractivity (Wildman–Crippen MR) is 101 cm³/mol. The third-order valence-corrected chi connectivity index (χ3v) is 5.16. The summed E-state index contributed by atoms with van der Waals surface area (Å²) in [6, 6.07) is 18.9. The summed E-state index contributed by atoms with van der Waals surface area (Å²) >= 11 is 12.0. The maximum Gasteiger partial charge on any atom is 0.253 e. The van der Waals surface area contributed by atoms with Gasteiger partial charge in [0.2, 0.25) is 0 Å². The summed E-state index contributed by atoms with van der Waals surface area (Å²) in [7, 11) is 0. The van der Waals surface area contributed by atoms with Gasteiger partial charge in [-0.1, -0.05) is 72.6 Å². The second-order valence-corrected chi connectivity index (χ2v) is 6.81. The van der Waals surface area contributed by atoms with Crippen LogP contribution in [-0.4, -0.2) is 20.5 Å². The molecule has 0 spiro atoms. The Labute approximate surface area is 143 Å². The van der Waals surface area contributed by atoms with Crippen molar-refractivity contribution in [2.24, 2.45) is 0 Å². The van der Waals surface area contributed by atoms with E-state index in [2.05, 4.69) is 5.32 Å². The number of thioether (sulfide) groups is 1. The van der Waals surface area contributed by atoms with Gasteiger partial charge in [0, 0.05) is 5.69 Å². The fourth-order valence-corrected chi connectivity index (χ4v) is 3.84. The van der Waals surface area contributed by atoms with Crippen LogP contribution in [0.3, 0.4) is 0 Å². The molecule has 1 atom stereocenters. The molecule has 0 saturated carbocycles. The van der Waals surface area contributed by atoms with Crippen LogP contribution in [0, 0.1) is 0 Å². The van der Waals surface area contributed by atoms with Gasteiger partial charge in [-0.3, -0.25) is 9.69 Å². The molecular weight excluding hydrogens is 332 g/mol. The highest BCUT2D eigenvalue weighted by molar-refractivity contribution is 8.25. The van der Waals surface area contributed by atoms with Gasteiger partial charge in [0.05, 0.1) is 5.69 Å². The first kappa shape index (κ1) is 15.1. The van der Waals surface area contributed by atoms with Crippen molar-refractivity contribution < 1.29 is 4.79 Å². The van der Waals surface area contributed by atoms with E-state index in [1.807, 2.05) is 60.7 Å². The lowest BCUT2D eigenvalue weighted by Gasteiger charge is -2.16. The lowest BCUT2D eigenvalue weighted by molar-refractivity contribution is -0.115. The van der Waals surface area contributed by atoms with Crippen LogP contribution in [0.1, 0.15) is 0 Å². The Kier molecular flexibility index (Phi) is 4.52. The molecule has 1 N–H and O–H groups in total. The lowest BCUT2D eigenvalue weighted by atomic mass is 10.2. The average Bonchev–Trinajstić information content (AvgIpc) is 2.84. The maximum absolute atomic E-state index is 12.6. The van der Waals surface area contributed by atoms with Crippen molar-refractivity contribution in [2.75, 3.05) is 10.2 Å². The summed E-state index contributed by atoms with van der Waals surface area (Å²) < 4.78 is 0.526. The van der Waals surface area contributed by atoms with Crippen molar-refractivity contribution in [1.29, 1.82) is 0 Å². The summed E-state index contributed by atoms with van der Waals surface area (Å²) in [5.41, 5.74) is 1.64. The molecule has 2 aromatic rings. The zero-order chi connectivity index (χ0) is 15.5. The first-order valence-corrected chi connectivity index (χ1v) is 8.32. The van der Waals surface area contributed by atoms with E-state index < -0.39 is 5.25 Å². The van der Waals surface area contributed by atoms with E-state index in [1.165, 1.54) is 11.8 Å². The Balaban J connectivity index is 1.78. The van der Waals surface area contributed by atoms with Crippen LogP contribution in [0.5, 0.6) is 0 Å². The number of nitrogens with zero attached hydrogens (tertiary/aromatic N) is 1. The van der Waals surface area contributed by atoms with Crippen molar-refractivity contribution in [2.45, 2.75) is 5.25 Å². The standard InChI is InChI=1S/C16H12N2OS3/c19-15-13(14(20)17-11-7-3-1-4-8-11)22-16(21)18(15)12-9-5-2-6-10-12/h1-10,13H,(H,17,20). The van der Waals surface area contributed by atoms with Crippen molar-refractivity contribution in [3.8, 4) is 0 Å². The molecule has 2 aromatic carbocycles. The highest BCUT2D eigenvalue weighted by Crippen LogP contribution is 2.33. The zero-order valence-electron chi connectivity index (χ0n) is 11.4. The summed E-state index contributed by atoms with van der Waals surface area (Å²) in [5.74, 6) is -0.102. The van der Waals surface area contributed by atoms with Crippen molar-refractivity contribution >= 4 is 62.8 Å². The van der Waals surface area contributed by atoms with Gasteiger partial charge in [0.1, 0.15) is 14.6 Å². The number of thiocarbonyl (C=S) groups is 2. The Hall–Kier alpha value is -1.76. The van der Waals surface area contributed by atoms with Crippen LogP contribution in [-0.2, 0) is 4.79 Å². The highest BCUT2D eigenvalue weighted by Gasteiger charge is 2.40. The second kappa shape index (κ2) is 6.56. The van der Waals surface area contributed by atoms with E-state index in [9.17, 15) is 4.79 Å². The van der Waals surface area contributed by atoms with Gasteiger partial charge in [0.15, 0.2) is 0 Å². The Bertz CT molecular complexity index is 719. The third-order valence-electron chi connectivity index (χ3n) is 3.14. The third kappa shape index (κ3) is 3.04. The summed E-state index contributed by atoms with van der Waals surface area (Å²) in [4.78, 5) is 14.7. The zero-order valence-corrected chi connectivity index (χ0v) is 13.9. The van der Waals surface area contributed by atoms with Gasteiger partial charge in [-0.05, 0) is 24.3 Å². The van der Waals surface area contributed by atoms with Crippen LogP contribution in [0.25, 0.3) is 0 Å². The molecule has 0 aliphatic carbocycles. The predicted octanol–water partition coefficient (Wildman–Crippen LogP) is 3.86. The first-order chi connectivity index (χ1) is 10.7. The molecule has 1 fully saturated rings. The van der Waals surface area contributed by atoms with Crippen LogP contribution in [0.4, 0.5) is 11.4 Å². The van der Waals surface area contributed by atoms with E-state index >= 15 is 0 Å². The SMILES string of the molecule is O=C1C(C(=S)Nc2ccccc2)SC(=S)N1c1ccccc1. The largest absolute Gasteiger partial charge is 0.349 e. The quantitative estimate of drug-likeness (QED) is 0.855. The smallest absolute Gasteiger partial charge is 0.253 e. The van der Waals surface area contributed by atoms with E-state index in [0.29, 0.717) is 9.31 Å². The van der Waals surface area contributed by atoms with Crippen LogP contribution < -0.4 is 10.2 Å². The number of benzene rings is 2. The van der Waals surface area contributed by atoms with Crippen LogP contribution in [0.2, 0.25) is 0 Å². The number of para-hydroxylation sites is 2. The molecule has 0 aromatic heterocycles. The molecule has 6 heteroatoms. The lowest BCUT2D eigenvalue weighted by Crippen LogP contribution is -2.36. The Morgan fingerprint density at radius 3 is 2.27 bits per heavy atom. The Morgan fingerprint density at radius 1 is 1.05 bits per heavy atom. The topological polar surface area (TPSA) is 32.3 Å². The summed E-state index contributed by atoms with van der Waals surface area (Å²) in [6.07, 6.45) is 0. The number of amides is 1. The monoisotopic (exact) mass is 344 g/mol. The number of anilines is 2. The number of carbonyl (C=O) groups excluding carboxylic acids is 1. The van der Waals surface area contributed by atoms with Gasteiger partial charge in [-0.15, -0.1) is 0 Å². The minimum absolute atomic E-state index is 0.102. The molecule has 3 nitrogen and oxygen atoms in total. The van der Waals surface area contributed by atoms with Gasteiger partial charge in [-0.25, -0.2) is 0 Å². The first-order valence-electron chi connectivity index (χ1n) is 6.62. The number of carbonyl (C=O) groups is 1. The van der Waals surface area contributed by atoms with Crippen molar-refractivity contribution in [1.82, 2.24) is 0 Å². The molecule has 1 aliphatic rings. The highest BCUT2D eigenvalue weighted by atomic mass is 32.2. The molecule has 3 rings (SSSR count). The minimum atomic E-state index is -0.483. The molecule has 1 amide bonds. The van der Waals surface area contributed by atoms with Gasteiger partial charge < -0.3 is 5.32 Å². The Morgan fingerprint density at radius 2 is 1.64 bits per heavy atom. The summed E-state index contributed by atoms with van der Waals surface area (Å²) in [5, 5.41) is 2.63. The number of hydrogen-bond acceptors (Lipinski definition) is 4. The maximum atomic E-state index is 12.6. The molecule has 0 radical (unpaired) electrons. The number of nitrogens with one attached hydrogen (secondary N) is 1.